The van der Waals surface area contributed by atoms with Gasteiger partial charge in [0, 0.05) is 12.3 Å². The van der Waals surface area contributed by atoms with Crippen LogP contribution in [0.15, 0.2) is 18.3 Å². The normalized spacial score (nSPS) is 15.8. The molecular formula is C10H13NO2. The Morgan fingerprint density at radius 1 is 1.46 bits per heavy atom. The highest BCUT2D eigenvalue weighted by Gasteiger charge is 2.21. The van der Waals surface area contributed by atoms with Crippen molar-refractivity contribution in [2.45, 2.75) is 19.4 Å². The van der Waals surface area contributed by atoms with Gasteiger partial charge in [-0.1, -0.05) is 0 Å². The van der Waals surface area contributed by atoms with Gasteiger partial charge in [0.05, 0.1) is 13.2 Å². The molecule has 3 nitrogen and oxygen atoms in total. The minimum Gasteiger partial charge on any atom is -0.477 e. The molecular weight excluding hydrogens is 166 g/mol. The number of aliphatic hydroxyl groups excluding tert-OH is 1. The molecule has 0 amide bonds. The van der Waals surface area contributed by atoms with E-state index in [0.717, 1.165) is 18.1 Å². The van der Waals surface area contributed by atoms with Crippen LogP contribution in [0.2, 0.25) is 0 Å². The Morgan fingerprint density at radius 3 is 2.85 bits per heavy atom. The van der Waals surface area contributed by atoms with E-state index in [4.69, 9.17) is 9.84 Å². The second-order valence-electron chi connectivity index (χ2n) is 3.42. The zero-order chi connectivity index (χ0) is 9.10. The quantitative estimate of drug-likeness (QED) is 0.758. The third-order valence-corrected chi connectivity index (χ3v) is 2.14. The smallest absolute Gasteiger partial charge is 0.213 e. The summed E-state index contributed by atoms with van der Waals surface area (Å²) < 4.78 is 5.44. The Morgan fingerprint density at radius 2 is 2.31 bits per heavy atom. The van der Waals surface area contributed by atoms with Gasteiger partial charge in [0.15, 0.2) is 0 Å². The summed E-state index contributed by atoms with van der Waals surface area (Å²) in [6.45, 7) is 0.821. The summed E-state index contributed by atoms with van der Waals surface area (Å²) in [5.41, 5.74) is 0.818. The van der Waals surface area contributed by atoms with Crippen LogP contribution in [0.3, 0.4) is 0 Å². The maximum absolute atomic E-state index is 8.78. The number of hydrogen-bond donors (Lipinski definition) is 1. The van der Waals surface area contributed by atoms with E-state index in [-0.39, 0.29) is 6.61 Å². The summed E-state index contributed by atoms with van der Waals surface area (Å²) in [5, 5.41) is 8.78. The summed E-state index contributed by atoms with van der Waals surface area (Å²) in [6.07, 6.45) is 4.21. The SMILES string of the molecule is OCc1ccc(OCC2CC2)nc1. The Hall–Kier alpha value is -1.09. The second-order valence-corrected chi connectivity index (χ2v) is 3.42. The van der Waals surface area contributed by atoms with E-state index in [1.807, 2.05) is 6.07 Å². The molecule has 1 aromatic heterocycles. The Kier molecular flexibility index (Phi) is 2.45. The van der Waals surface area contributed by atoms with Crippen molar-refractivity contribution in [2.24, 2.45) is 5.92 Å². The first-order chi connectivity index (χ1) is 6.38. The van der Waals surface area contributed by atoms with Crippen LogP contribution in [-0.4, -0.2) is 16.7 Å². The highest BCUT2D eigenvalue weighted by molar-refractivity contribution is 5.17. The van der Waals surface area contributed by atoms with Gasteiger partial charge in [0.25, 0.3) is 0 Å². The van der Waals surface area contributed by atoms with Gasteiger partial charge in [0.1, 0.15) is 0 Å². The monoisotopic (exact) mass is 179 g/mol. The van der Waals surface area contributed by atoms with Crippen LogP contribution in [0.25, 0.3) is 0 Å². The summed E-state index contributed by atoms with van der Waals surface area (Å²) in [6, 6.07) is 3.63. The maximum atomic E-state index is 8.78. The first-order valence-corrected chi connectivity index (χ1v) is 4.57. The fourth-order valence-electron chi connectivity index (χ4n) is 1.08. The van der Waals surface area contributed by atoms with Crippen molar-refractivity contribution in [2.75, 3.05) is 6.61 Å². The molecule has 0 radical (unpaired) electrons. The molecule has 0 aliphatic heterocycles. The molecule has 1 heterocycles. The summed E-state index contributed by atoms with van der Waals surface area (Å²) in [5.74, 6) is 1.41. The lowest BCUT2D eigenvalue weighted by Gasteiger charge is -2.03. The van der Waals surface area contributed by atoms with Crippen LogP contribution < -0.4 is 4.74 Å². The molecule has 0 aromatic carbocycles. The van der Waals surface area contributed by atoms with E-state index in [1.54, 1.807) is 12.3 Å². The standard InChI is InChI=1S/C10H13NO2/c12-6-9-3-4-10(11-5-9)13-7-8-1-2-8/h3-5,8,12H,1-2,6-7H2. The lowest BCUT2D eigenvalue weighted by Crippen LogP contribution is -2.00. The third kappa shape index (κ3) is 2.42. The lowest BCUT2D eigenvalue weighted by molar-refractivity contribution is 0.277. The van der Waals surface area contributed by atoms with Gasteiger partial charge in [-0.2, -0.15) is 0 Å². The van der Waals surface area contributed by atoms with Crippen molar-refractivity contribution in [3.63, 3.8) is 0 Å². The molecule has 70 valence electrons. The van der Waals surface area contributed by atoms with Gasteiger partial charge in [-0.15, -0.1) is 0 Å². The number of ether oxygens (including phenoxy) is 1. The van der Waals surface area contributed by atoms with Crippen LogP contribution in [0.4, 0.5) is 0 Å². The van der Waals surface area contributed by atoms with Gasteiger partial charge < -0.3 is 9.84 Å². The summed E-state index contributed by atoms with van der Waals surface area (Å²) in [7, 11) is 0. The minimum absolute atomic E-state index is 0.0376. The molecule has 2 rings (SSSR count). The lowest BCUT2D eigenvalue weighted by atomic mass is 10.3. The Labute approximate surface area is 77.4 Å². The Bertz CT molecular complexity index is 267. The van der Waals surface area contributed by atoms with Crippen LogP contribution in [0, 0.1) is 5.92 Å². The van der Waals surface area contributed by atoms with Crippen molar-refractivity contribution in [3.05, 3.63) is 23.9 Å². The fraction of sp³-hybridized carbons (Fsp3) is 0.500. The van der Waals surface area contributed by atoms with E-state index in [1.165, 1.54) is 12.8 Å². The van der Waals surface area contributed by atoms with E-state index >= 15 is 0 Å². The Balaban J connectivity index is 1.88. The molecule has 0 bridgehead atoms. The first-order valence-electron chi connectivity index (χ1n) is 4.57. The second kappa shape index (κ2) is 3.75. The molecule has 1 aliphatic carbocycles. The average molecular weight is 179 g/mol. The van der Waals surface area contributed by atoms with E-state index in [0.29, 0.717) is 5.88 Å². The van der Waals surface area contributed by atoms with Gasteiger partial charge in [-0.05, 0) is 30.4 Å². The van der Waals surface area contributed by atoms with Gasteiger partial charge >= 0.3 is 0 Å². The van der Waals surface area contributed by atoms with Gasteiger partial charge in [-0.3, -0.25) is 0 Å². The van der Waals surface area contributed by atoms with Crippen molar-refractivity contribution in [3.8, 4) is 5.88 Å². The maximum Gasteiger partial charge on any atom is 0.213 e. The van der Waals surface area contributed by atoms with Crippen LogP contribution in [-0.2, 0) is 6.61 Å². The predicted molar refractivity (Wildman–Crippen MR) is 48.4 cm³/mol. The van der Waals surface area contributed by atoms with Crippen LogP contribution in [0.5, 0.6) is 5.88 Å². The van der Waals surface area contributed by atoms with Crippen LogP contribution in [0.1, 0.15) is 18.4 Å². The summed E-state index contributed by atoms with van der Waals surface area (Å²) in [4.78, 5) is 4.07. The van der Waals surface area contributed by atoms with Crippen molar-refractivity contribution >= 4 is 0 Å². The highest BCUT2D eigenvalue weighted by atomic mass is 16.5. The minimum atomic E-state index is 0.0376. The van der Waals surface area contributed by atoms with E-state index in [9.17, 15) is 0 Å². The molecule has 1 N–H and O–H groups in total. The number of pyridine rings is 1. The first kappa shape index (κ1) is 8.51. The number of rotatable bonds is 4. The predicted octanol–water partition coefficient (Wildman–Crippen LogP) is 1.36. The van der Waals surface area contributed by atoms with Gasteiger partial charge in [-0.25, -0.2) is 4.98 Å². The molecule has 1 saturated carbocycles. The molecule has 1 aromatic rings. The number of hydrogen-bond acceptors (Lipinski definition) is 3. The molecule has 0 spiro atoms. The molecule has 1 fully saturated rings. The third-order valence-electron chi connectivity index (χ3n) is 2.14. The fourth-order valence-corrected chi connectivity index (χ4v) is 1.08. The molecule has 3 heteroatoms. The van der Waals surface area contributed by atoms with E-state index in [2.05, 4.69) is 4.98 Å². The van der Waals surface area contributed by atoms with Crippen molar-refractivity contribution in [1.82, 2.24) is 4.98 Å². The molecule has 1 aliphatic rings. The highest BCUT2D eigenvalue weighted by Crippen LogP contribution is 2.29. The van der Waals surface area contributed by atoms with E-state index < -0.39 is 0 Å². The summed E-state index contributed by atoms with van der Waals surface area (Å²) >= 11 is 0. The zero-order valence-electron chi connectivity index (χ0n) is 7.44. The average Bonchev–Trinajstić information content (AvgIpc) is 2.99. The van der Waals surface area contributed by atoms with Crippen molar-refractivity contribution < 1.29 is 9.84 Å². The topological polar surface area (TPSA) is 42.4 Å². The van der Waals surface area contributed by atoms with Crippen molar-refractivity contribution in [1.29, 1.82) is 0 Å². The molecule has 13 heavy (non-hydrogen) atoms. The molecule has 0 saturated heterocycles. The van der Waals surface area contributed by atoms with Crippen LogP contribution >= 0.6 is 0 Å². The number of aliphatic hydroxyl groups is 1. The van der Waals surface area contributed by atoms with Gasteiger partial charge in [0.2, 0.25) is 5.88 Å². The largest absolute Gasteiger partial charge is 0.477 e. The number of nitrogens with zero attached hydrogens (tertiary/aromatic N) is 1. The molecule has 0 atom stereocenters. The molecule has 0 unspecified atom stereocenters. The number of aromatic nitrogens is 1. The zero-order valence-corrected chi connectivity index (χ0v) is 7.44.